The van der Waals surface area contributed by atoms with Gasteiger partial charge >= 0.3 is 12.0 Å². The summed E-state index contributed by atoms with van der Waals surface area (Å²) in [4.78, 5) is 26.6. The van der Waals surface area contributed by atoms with Crippen LogP contribution in [0.1, 0.15) is 19.8 Å². The molecule has 1 aliphatic carbocycles. The number of aliphatic carboxylic acids is 1. The highest BCUT2D eigenvalue weighted by Gasteiger charge is 2.36. The van der Waals surface area contributed by atoms with E-state index in [1.807, 2.05) is 6.92 Å². The molecule has 0 aromatic rings. The number of urea groups is 1. The number of nitrogens with zero attached hydrogens (tertiary/aromatic N) is 2. The molecule has 1 aliphatic rings. The maximum absolute atomic E-state index is 12.6. The average molecular weight is 302 g/mol. The van der Waals surface area contributed by atoms with Gasteiger partial charge in [0, 0.05) is 33.4 Å². The summed E-state index contributed by atoms with van der Waals surface area (Å²) in [6.07, 6.45) is 2.24. The lowest BCUT2D eigenvalue weighted by Crippen LogP contribution is -2.51. The quantitative estimate of drug-likeness (QED) is 0.648. The van der Waals surface area contributed by atoms with E-state index >= 15 is 0 Å². The summed E-state index contributed by atoms with van der Waals surface area (Å²) in [5, 5.41) is 8.97. The predicted octanol–water partition coefficient (Wildman–Crippen LogP) is 0.886. The van der Waals surface area contributed by atoms with Crippen LogP contribution in [0.3, 0.4) is 0 Å². The molecule has 2 amide bonds. The molecule has 0 aliphatic heterocycles. The minimum atomic E-state index is -1.02. The molecule has 1 N–H and O–H groups in total. The van der Waals surface area contributed by atoms with Gasteiger partial charge < -0.3 is 24.4 Å². The first-order valence-corrected chi connectivity index (χ1v) is 7.26. The predicted molar refractivity (Wildman–Crippen MR) is 77.2 cm³/mol. The van der Waals surface area contributed by atoms with E-state index in [0.717, 1.165) is 12.8 Å². The van der Waals surface area contributed by atoms with Crippen LogP contribution in [0.2, 0.25) is 0 Å². The normalized spacial score (nSPS) is 15.6. The second-order valence-corrected chi connectivity index (χ2v) is 5.35. The van der Waals surface area contributed by atoms with E-state index in [0.29, 0.717) is 25.7 Å². The van der Waals surface area contributed by atoms with Crippen LogP contribution in [-0.2, 0) is 14.3 Å². The van der Waals surface area contributed by atoms with Crippen molar-refractivity contribution in [1.29, 1.82) is 0 Å². The van der Waals surface area contributed by atoms with Gasteiger partial charge in [-0.25, -0.2) is 4.79 Å². The molecular formula is C14H26N2O5. The van der Waals surface area contributed by atoms with E-state index < -0.39 is 5.97 Å². The van der Waals surface area contributed by atoms with E-state index in [1.165, 1.54) is 12.0 Å². The van der Waals surface area contributed by atoms with Gasteiger partial charge in [-0.2, -0.15) is 0 Å². The zero-order valence-electron chi connectivity index (χ0n) is 13.1. The third kappa shape index (κ3) is 5.89. The molecule has 21 heavy (non-hydrogen) atoms. The highest BCUT2D eigenvalue weighted by atomic mass is 16.5. The summed E-state index contributed by atoms with van der Waals surface area (Å²) < 4.78 is 10.0. The first-order chi connectivity index (χ1) is 10.0. The summed E-state index contributed by atoms with van der Waals surface area (Å²) in [5.41, 5.74) is 0. The Morgan fingerprint density at radius 2 is 1.76 bits per heavy atom. The lowest BCUT2D eigenvalue weighted by atomic mass is 10.2. The second-order valence-electron chi connectivity index (χ2n) is 5.35. The minimum Gasteiger partial charge on any atom is -0.480 e. The van der Waals surface area contributed by atoms with Crippen LogP contribution in [0.4, 0.5) is 4.79 Å². The summed E-state index contributed by atoms with van der Waals surface area (Å²) in [5.74, 6) is -0.509. The number of carboxylic acid groups (broad SMARTS) is 1. The Morgan fingerprint density at radius 3 is 2.24 bits per heavy atom. The summed E-state index contributed by atoms with van der Waals surface area (Å²) in [7, 11) is 3.11. The second kappa shape index (κ2) is 8.84. The Labute approximate surface area is 125 Å². The molecule has 0 radical (unpaired) electrons. The van der Waals surface area contributed by atoms with Crippen LogP contribution >= 0.6 is 0 Å². The Morgan fingerprint density at radius 1 is 1.19 bits per heavy atom. The van der Waals surface area contributed by atoms with Gasteiger partial charge in [0.05, 0.1) is 13.2 Å². The van der Waals surface area contributed by atoms with Gasteiger partial charge in [-0.15, -0.1) is 0 Å². The number of hydrogen-bond donors (Lipinski definition) is 1. The largest absolute Gasteiger partial charge is 0.480 e. The maximum Gasteiger partial charge on any atom is 0.323 e. The molecule has 122 valence electrons. The summed E-state index contributed by atoms with van der Waals surface area (Å²) in [6, 6.07) is -0.155. The number of ether oxygens (including phenoxy) is 2. The third-order valence-electron chi connectivity index (χ3n) is 3.74. The Hall–Kier alpha value is -1.34. The van der Waals surface area contributed by atoms with Gasteiger partial charge in [-0.1, -0.05) is 0 Å². The number of carbonyl (C=O) groups is 2. The van der Waals surface area contributed by atoms with Crippen LogP contribution < -0.4 is 0 Å². The first kappa shape index (κ1) is 17.7. The Balaban J connectivity index is 2.73. The fraction of sp³-hybridized carbons (Fsp3) is 0.857. The van der Waals surface area contributed by atoms with E-state index in [4.69, 9.17) is 14.6 Å². The fourth-order valence-electron chi connectivity index (χ4n) is 2.28. The number of amides is 2. The SMILES string of the molecule is COCCN(CC(=O)O)C(=O)N(CCOC)C(C)C1CC1. The Kier molecular flexibility index (Phi) is 7.45. The molecule has 0 aromatic carbocycles. The molecule has 0 heterocycles. The van der Waals surface area contributed by atoms with Crippen LogP contribution in [0.5, 0.6) is 0 Å². The van der Waals surface area contributed by atoms with Crippen molar-refractivity contribution < 1.29 is 24.2 Å². The van der Waals surface area contributed by atoms with Crippen LogP contribution in [-0.4, -0.2) is 80.0 Å². The lowest BCUT2D eigenvalue weighted by molar-refractivity contribution is -0.137. The van der Waals surface area contributed by atoms with E-state index in [2.05, 4.69) is 0 Å². The van der Waals surface area contributed by atoms with Crippen molar-refractivity contribution in [2.24, 2.45) is 5.92 Å². The van der Waals surface area contributed by atoms with Crippen molar-refractivity contribution in [3.63, 3.8) is 0 Å². The number of rotatable bonds is 10. The standard InChI is InChI=1S/C14H26N2O5/c1-11(12-4-5-12)16(7-9-21-3)14(19)15(6-8-20-2)10-13(17)18/h11-12H,4-10H2,1-3H3,(H,17,18). The molecule has 1 saturated carbocycles. The van der Waals surface area contributed by atoms with Crippen molar-refractivity contribution in [2.75, 3.05) is 47.1 Å². The van der Waals surface area contributed by atoms with Gasteiger partial charge in [0.15, 0.2) is 0 Å². The van der Waals surface area contributed by atoms with Gasteiger partial charge in [-0.3, -0.25) is 4.79 Å². The van der Waals surface area contributed by atoms with E-state index in [-0.39, 0.29) is 25.2 Å². The van der Waals surface area contributed by atoms with Gasteiger partial charge in [-0.05, 0) is 25.7 Å². The molecule has 1 unspecified atom stereocenters. The first-order valence-electron chi connectivity index (χ1n) is 7.26. The van der Waals surface area contributed by atoms with Crippen molar-refractivity contribution >= 4 is 12.0 Å². The number of carbonyl (C=O) groups excluding carboxylic acids is 1. The maximum atomic E-state index is 12.6. The number of hydrogen-bond acceptors (Lipinski definition) is 4. The topological polar surface area (TPSA) is 79.3 Å². The van der Waals surface area contributed by atoms with E-state index in [9.17, 15) is 9.59 Å². The van der Waals surface area contributed by atoms with Crippen LogP contribution in [0, 0.1) is 5.92 Å². The fourth-order valence-corrected chi connectivity index (χ4v) is 2.28. The molecule has 0 saturated heterocycles. The molecular weight excluding hydrogens is 276 g/mol. The molecule has 1 rings (SSSR count). The smallest absolute Gasteiger partial charge is 0.323 e. The number of methoxy groups -OCH3 is 2. The van der Waals surface area contributed by atoms with Gasteiger partial charge in [0.25, 0.3) is 0 Å². The minimum absolute atomic E-state index is 0.103. The highest BCUT2D eigenvalue weighted by molar-refractivity contribution is 5.80. The average Bonchev–Trinajstić information content (AvgIpc) is 3.27. The number of carboxylic acids is 1. The van der Waals surface area contributed by atoms with Crippen LogP contribution in [0.15, 0.2) is 0 Å². The molecule has 1 atom stereocenters. The van der Waals surface area contributed by atoms with Crippen LogP contribution in [0.25, 0.3) is 0 Å². The zero-order chi connectivity index (χ0) is 15.8. The molecule has 7 nitrogen and oxygen atoms in total. The molecule has 0 aromatic heterocycles. The molecule has 0 bridgehead atoms. The molecule has 7 heteroatoms. The monoisotopic (exact) mass is 302 g/mol. The summed E-state index contributed by atoms with van der Waals surface area (Å²) in [6.45, 7) is 3.19. The van der Waals surface area contributed by atoms with Crippen molar-refractivity contribution in [2.45, 2.75) is 25.8 Å². The highest BCUT2D eigenvalue weighted by Crippen LogP contribution is 2.35. The Bertz CT molecular complexity index is 346. The van der Waals surface area contributed by atoms with Crippen molar-refractivity contribution in [3.05, 3.63) is 0 Å². The third-order valence-corrected chi connectivity index (χ3v) is 3.74. The van der Waals surface area contributed by atoms with Gasteiger partial charge in [0.1, 0.15) is 6.54 Å². The van der Waals surface area contributed by atoms with Crippen molar-refractivity contribution in [1.82, 2.24) is 9.80 Å². The molecule has 1 fully saturated rings. The van der Waals surface area contributed by atoms with Crippen molar-refractivity contribution in [3.8, 4) is 0 Å². The summed E-state index contributed by atoms with van der Waals surface area (Å²) >= 11 is 0. The van der Waals surface area contributed by atoms with E-state index in [1.54, 1.807) is 12.0 Å². The lowest BCUT2D eigenvalue weighted by Gasteiger charge is -2.34. The van der Waals surface area contributed by atoms with Gasteiger partial charge in [0.2, 0.25) is 0 Å². The zero-order valence-corrected chi connectivity index (χ0v) is 13.1. The molecule has 0 spiro atoms.